The summed E-state index contributed by atoms with van der Waals surface area (Å²) in [5.74, 6) is -0.230. The molecule has 0 aliphatic carbocycles. The average Bonchev–Trinajstić information content (AvgIpc) is 0.791. The zero-order valence-electron chi connectivity index (χ0n) is 67.3. The Morgan fingerprint density at radius 1 is 0.356 bits per heavy atom. The van der Waals surface area contributed by atoms with E-state index in [0.717, 1.165) is 64.2 Å². The van der Waals surface area contributed by atoms with Crippen molar-refractivity contribution in [3.05, 3.63) is 60.8 Å². The second kappa shape index (κ2) is 73.5. The number of amides is 1. The fourth-order valence-electron chi connectivity index (χ4n) is 14.8. The highest BCUT2D eigenvalue weighted by molar-refractivity contribution is 5.76. The van der Waals surface area contributed by atoms with Crippen molar-refractivity contribution in [3.8, 4) is 0 Å². The Bertz CT molecular complexity index is 1980. The number of carbonyl (C=O) groups excluding carboxylic acids is 1. The molecule has 0 bridgehead atoms. The van der Waals surface area contributed by atoms with Gasteiger partial charge in [0.05, 0.1) is 32.0 Å². The van der Waals surface area contributed by atoms with Gasteiger partial charge < -0.3 is 65.1 Å². The van der Waals surface area contributed by atoms with Gasteiger partial charge >= 0.3 is 0 Å². The van der Waals surface area contributed by atoms with Gasteiger partial charge in [0.2, 0.25) is 5.91 Å². The number of allylic oxidation sites excluding steroid dienone is 9. The average molecular weight is 1470 g/mol. The molecule has 2 heterocycles. The molecule has 2 aliphatic heterocycles. The smallest absolute Gasteiger partial charge is 0.220 e. The Hall–Kier alpha value is -2.31. The van der Waals surface area contributed by atoms with E-state index in [1.807, 2.05) is 6.08 Å². The van der Waals surface area contributed by atoms with Crippen molar-refractivity contribution >= 4 is 5.91 Å². The molecule has 2 fully saturated rings. The van der Waals surface area contributed by atoms with Gasteiger partial charge in [-0.15, -0.1) is 0 Å². The van der Waals surface area contributed by atoms with Crippen LogP contribution in [0.5, 0.6) is 0 Å². The highest BCUT2D eigenvalue weighted by Crippen LogP contribution is 2.31. The van der Waals surface area contributed by atoms with E-state index in [4.69, 9.17) is 18.9 Å². The monoisotopic (exact) mass is 1470 g/mol. The Labute approximate surface area is 638 Å². The van der Waals surface area contributed by atoms with Gasteiger partial charge in [0.25, 0.3) is 0 Å². The van der Waals surface area contributed by atoms with Crippen LogP contribution in [0.1, 0.15) is 412 Å². The molecule has 0 radical (unpaired) electrons. The molecule has 0 aromatic heterocycles. The molecule has 2 aliphatic rings. The normalized spacial score (nSPS) is 21.7. The number of ether oxygens (including phenoxy) is 4. The first-order valence-electron chi connectivity index (χ1n) is 44.5. The molecule has 14 nitrogen and oxygen atoms in total. The topological polar surface area (TPSA) is 228 Å². The van der Waals surface area contributed by atoms with Gasteiger partial charge in [0, 0.05) is 6.42 Å². The van der Waals surface area contributed by atoms with Crippen molar-refractivity contribution in [2.75, 3.05) is 19.8 Å². The number of aliphatic hydroxyl groups excluding tert-OH is 8. The van der Waals surface area contributed by atoms with Gasteiger partial charge in [-0.3, -0.25) is 4.79 Å². The zero-order valence-corrected chi connectivity index (χ0v) is 67.3. The third-order valence-corrected chi connectivity index (χ3v) is 21.7. The van der Waals surface area contributed by atoms with Gasteiger partial charge in [-0.1, -0.05) is 408 Å². The lowest BCUT2D eigenvalue weighted by Crippen LogP contribution is -2.65. The predicted molar refractivity (Wildman–Crippen MR) is 434 cm³/mol. The van der Waals surface area contributed by atoms with Crippen molar-refractivity contribution in [2.24, 2.45) is 0 Å². The minimum Gasteiger partial charge on any atom is -0.394 e. The molecule has 2 rings (SSSR count). The number of nitrogens with one attached hydrogen (secondary N) is 1. The molecule has 0 saturated carbocycles. The molecule has 0 spiro atoms. The molecule has 104 heavy (non-hydrogen) atoms. The zero-order chi connectivity index (χ0) is 75.1. The van der Waals surface area contributed by atoms with Crippen LogP contribution in [-0.4, -0.2) is 140 Å². The maximum absolute atomic E-state index is 13.4. The van der Waals surface area contributed by atoms with Crippen molar-refractivity contribution in [2.45, 2.75) is 485 Å². The fourth-order valence-corrected chi connectivity index (χ4v) is 14.8. The van der Waals surface area contributed by atoms with Gasteiger partial charge in [-0.25, -0.2) is 0 Å². The van der Waals surface area contributed by atoms with Crippen LogP contribution in [0, 0.1) is 0 Å². The minimum atomic E-state index is -1.79. The molecule has 0 aromatic carbocycles. The molecular weight excluding hydrogens is 1300 g/mol. The van der Waals surface area contributed by atoms with Crippen molar-refractivity contribution in [1.29, 1.82) is 0 Å². The second-order valence-corrected chi connectivity index (χ2v) is 31.4. The highest BCUT2D eigenvalue weighted by atomic mass is 16.7. The van der Waals surface area contributed by atoms with E-state index in [1.54, 1.807) is 6.08 Å². The summed E-state index contributed by atoms with van der Waals surface area (Å²) in [5.41, 5.74) is 0. The number of hydrogen-bond donors (Lipinski definition) is 9. The van der Waals surface area contributed by atoms with Crippen molar-refractivity contribution < 1.29 is 64.6 Å². The molecule has 12 atom stereocenters. The van der Waals surface area contributed by atoms with Gasteiger partial charge in [-0.05, 0) is 57.8 Å². The Morgan fingerprint density at radius 2 is 0.663 bits per heavy atom. The first kappa shape index (κ1) is 97.8. The standard InChI is InChI=1S/C90H167NO13/c1-3-5-7-9-11-13-15-17-19-21-23-25-27-29-31-33-35-36-37-38-39-40-41-42-44-46-48-50-52-54-56-58-60-62-64-66-68-70-72-74-82(95)91-78(77-101-89-87(100)85(98)88(81(76-93)103-89)104-90-86(99)84(97)83(96)80(75-92)102-90)79(94)73-71-69-67-65-63-61-59-57-55-53-51-49-47-45-43-34-32-30-28-26-24-22-20-18-16-14-12-10-8-6-4-2/h5,7,11,13,17,19,23,25,71,73,78-81,83-90,92-94,96-100H,3-4,6,8-10,12,14-16,18,20-22,24,26-70,72,74-77H2,1-2H3,(H,91,95)/b7-5-,13-11-,19-17-,25-23-,73-71+. The maximum atomic E-state index is 13.4. The lowest BCUT2D eigenvalue weighted by molar-refractivity contribution is -0.359. The molecule has 9 N–H and O–H groups in total. The molecule has 610 valence electrons. The predicted octanol–water partition coefficient (Wildman–Crippen LogP) is 21.5. The van der Waals surface area contributed by atoms with Crippen molar-refractivity contribution in [3.63, 3.8) is 0 Å². The van der Waals surface area contributed by atoms with Crippen LogP contribution in [-0.2, 0) is 23.7 Å². The van der Waals surface area contributed by atoms with Crippen LogP contribution in [0.3, 0.4) is 0 Å². The Morgan fingerprint density at radius 3 is 1.02 bits per heavy atom. The van der Waals surface area contributed by atoms with E-state index >= 15 is 0 Å². The SMILES string of the molecule is CC/C=C\C/C=C\C/C=C\C/C=C\CCCCCCCCCCCCCCCCCCCCCCCCCCCCC(=O)NC(COC1OC(CO)C(OC2OC(CO)C(O)C(O)C2O)C(O)C1O)C(O)/C=C/CCCCCCCCCCCCCCCCCCCCCCCCCCCCCCC. The van der Waals surface area contributed by atoms with E-state index in [0.29, 0.717) is 6.42 Å². The Balaban J connectivity index is 1.56. The number of unbranched alkanes of at least 4 members (excludes halogenated alkanes) is 55. The van der Waals surface area contributed by atoms with Crippen LogP contribution >= 0.6 is 0 Å². The minimum absolute atomic E-state index is 0.230. The number of rotatable bonds is 76. The van der Waals surface area contributed by atoms with Crippen molar-refractivity contribution in [1.82, 2.24) is 5.32 Å². The summed E-state index contributed by atoms with van der Waals surface area (Å²) in [6.07, 6.45) is 84.8. The molecule has 14 heteroatoms. The number of hydrogen-bond acceptors (Lipinski definition) is 13. The number of carbonyl (C=O) groups is 1. The van der Waals surface area contributed by atoms with Crippen LogP contribution in [0.25, 0.3) is 0 Å². The summed E-state index contributed by atoms with van der Waals surface area (Å²) in [6, 6.07) is -0.916. The lowest BCUT2D eigenvalue weighted by Gasteiger charge is -2.46. The van der Waals surface area contributed by atoms with Gasteiger partial charge in [-0.2, -0.15) is 0 Å². The largest absolute Gasteiger partial charge is 0.394 e. The third-order valence-electron chi connectivity index (χ3n) is 21.7. The van der Waals surface area contributed by atoms with Crippen LogP contribution in [0.4, 0.5) is 0 Å². The van der Waals surface area contributed by atoms with E-state index in [2.05, 4.69) is 67.8 Å². The summed E-state index contributed by atoms with van der Waals surface area (Å²) in [5, 5.41) is 87.9. The van der Waals surface area contributed by atoms with Crippen LogP contribution < -0.4 is 5.32 Å². The van der Waals surface area contributed by atoms with E-state index in [-0.39, 0.29) is 18.9 Å². The third kappa shape index (κ3) is 55.1. The highest BCUT2D eigenvalue weighted by Gasteiger charge is 2.51. The summed E-state index contributed by atoms with van der Waals surface area (Å²) < 4.78 is 23.0. The van der Waals surface area contributed by atoms with E-state index in [1.165, 1.54) is 321 Å². The first-order chi connectivity index (χ1) is 51.1. The molecule has 12 unspecified atom stereocenters. The van der Waals surface area contributed by atoms with Gasteiger partial charge in [0.1, 0.15) is 48.8 Å². The summed E-state index contributed by atoms with van der Waals surface area (Å²) in [4.78, 5) is 13.4. The van der Waals surface area contributed by atoms with Gasteiger partial charge in [0.15, 0.2) is 12.6 Å². The van der Waals surface area contributed by atoms with Crippen LogP contribution in [0.15, 0.2) is 60.8 Å². The van der Waals surface area contributed by atoms with E-state index in [9.17, 15) is 45.6 Å². The fraction of sp³-hybridized carbons (Fsp3) is 0.878. The molecular formula is C90H167NO13. The number of aliphatic hydroxyl groups is 8. The summed E-state index contributed by atoms with van der Waals surface area (Å²) >= 11 is 0. The Kier molecular flexibility index (Phi) is 69.1. The maximum Gasteiger partial charge on any atom is 0.220 e. The molecule has 1 amide bonds. The summed E-state index contributed by atoms with van der Waals surface area (Å²) in [7, 11) is 0. The summed E-state index contributed by atoms with van der Waals surface area (Å²) in [6.45, 7) is 2.76. The lowest BCUT2D eigenvalue weighted by atomic mass is 9.97. The second-order valence-electron chi connectivity index (χ2n) is 31.4. The quantitative estimate of drug-likeness (QED) is 0.0204. The molecule has 0 aromatic rings. The van der Waals surface area contributed by atoms with E-state index < -0.39 is 86.8 Å². The molecule has 2 saturated heterocycles. The van der Waals surface area contributed by atoms with Crippen LogP contribution in [0.2, 0.25) is 0 Å². The first-order valence-corrected chi connectivity index (χ1v) is 44.5.